The first kappa shape index (κ1) is 25.3. The number of piperidine rings is 1. The molecule has 36 heavy (non-hydrogen) atoms. The van der Waals surface area contributed by atoms with Crippen LogP contribution in [-0.2, 0) is 10.4 Å². The van der Waals surface area contributed by atoms with Crippen LogP contribution in [0.15, 0.2) is 89.0 Å². The molecule has 0 aromatic heterocycles. The average molecular weight is 550 g/mol. The Morgan fingerprint density at radius 1 is 1.00 bits per heavy atom. The molecule has 0 saturated carbocycles. The van der Waals surface area contributed by atoms with Crippen molar-refractivity contribution in [3.63, 3.8) is 0 Å². The van der Waals surface area contributed by atoms with E-state index in [0.717, 1.165) is 10.0 Å². The second-order valence-corrected chi connectivity index (χ2v) is 9.48. The third-order valence-corrected chi connectivity index (χ3v) is 6.70. The third kappa shape index (κ3) is 5.87. The lowest BCUT2D eigenvalue weighted by molar-refractivity contribution is -0.384. The van der Waals surface area contributed by atoms with Gasteiger partial charge in [0.15, 0.2) is 0 Å². The summed E-state index contributed by atoms with van der Waals surface area (Å²) in [5.74, 6) is -1.02. The summed E-state index contributed by atoms with van der Waals surface area (Å²) in [6, 6.07) is 21.9. The van der Waals surface area contributed by atoms with Crippen molar-refractivity contribution in [3.05, 3.63) is 116 Å². The van der Waals surface area contributed by atoms with Crippen LogP contribution in [0, 0.1) is 10.1 Å². The minimum atomic E-state index is -1.05. The van der Waals surface area contributed by atoms with Crippen LogP contribution >= 0.6 is 15.9 Å². The molecule has 0 radical (unpaired) electrons. The van der Waals surface area contributed by atoms with Crippen molar-refractivity contribution in [2.75, 3.05) is 13.1 Å². The normalized spacial score (nSPS) is 15.3. The highest BCUT2D eigenvalue weighted by molar-refractivity contribution is 9.10. The number of non-ortho nitro benzene ring substituents is 1. The van der Waals surface area contributed by atoms with E-state index in [0.29, 0.717) is 31.5 Å². The molecule has 2 amide bonds. The molecule has 0 unspecified atom stereocenters. The van der Waals surface area contributed by atoms with E-state index in [9.17, 15) is 24.8 Å². The topological polar surface area (TPSA) is 113 Å². The van der Waals surface area contributed by atoms with Gasteiger partial charge >= 0.3 is 0 Å². The van der Waals surface area contributed by atoms with Crippen molar-refractivity contribution >= 4 is 39.5 Å². The fraction of sp³-hybridized carbons (Fsp3) is 0.185. The largest absolute Gasteiger partial charge is 0.385 e. The number of rotatable bonds is 6. The highest BCUT2D eigenvalue weighted by Crippen LogP contribution is 2.34. The van der Waals surface area contributed by atoms with Crippen LogP contribution in [0.5, 0.6) is 0 Å². The maximum absolute atomic E-state index is 13.5. The van der Waals surface area contributed by atoms with Crippen molar-refractivity contribution < 1.29 is 19.6 Å². The van der Waals surface area contributed by atoms with Gasteiger partial charge in [0.25, 0.3) is 17.5 Å². The number of nitro groups is 1. The van der Waals surface area contributed by atoms with Gasteiger partial charge in [0, 0.05) is 35.3 Å². The smallest absolute Gasteiger partial charge is 0.270 e. The number of nitro benzene ring substituents is 1. The Bertz CT molecular complexity index is 1300. The number of aliphatic hydroxyl groups is 1. The second kappa shape index (κ2) is 10.8. The number of carbonyl (C=O) groups is 2. The number of likely N-dealkylation sites (tertiary alicyclic amines) is 1. The van der Waals surface area contributed by atoms with Crippen LogP contribution in [0.2, 0.25) is 0 Å². The molecule has 9 heteroatoms. The summed E-state index contributed by atoms with van der Waals surface area (Å²) in [6.07, 6.45) is 2.27. The predicted octanol–water partition coefficient (Wildman–Crippen LogP) is 4.64. The van der Waals surface area contributed by atoms with Gasteiger partial charge in [0.05, 0.1) is 10.5 Å². The first-order valence-corrected chi connectivity index (χ1v) is 12.1. The highest BCUT2D eigenvalue weighted by Gasteiger charge is 2.36. The molecule has 0 atom stereocenters. The second-order valence-electron chi connectivity index (χ2n) is 8.56. The summed E-state index contributed by atoms with van der Waals surface area (Å²) in [5.41, 5.74) is 0.352. The summed E-state index contributed by atoms with van der Waals surface area (Å²) in [7, 11) is 0. The van der Waals surface area contributed by atoms with Gasteiger partial charge in [-0.2, -0.15) is 0 Å². The quantitative estimate of drug-likeness (QED) is 0.264. The van der Waals surface area contributed by atoms with Crippen LogP contribution in [0.1, 0.15) is 34.3 Å². The molecule has 1 heterocycles. The van der Waals surface area contributed by atoms with Crippen LogP contribution in [0.3, 0.4) is 0 Å². The van der Waals surface area contributed by atoms with Crippen molar-refractivity contribution in [2.24, 2.45) is 0 Å². The highest BCUT2D eigenvalue weighted by atomic mass is 79.9. The number of nitrogens with zero attached hydrogens (tertiary/aromatic N) is 2. The Labute approximate surface area is 216 Å². The summed E-state index contributed by atoms with van der Waals surface area (Å²) < 4.78 is 0.914. The number of amides is 2. The zero-order valence-corrected chi connectivity index (χ0v) is 20.8. The van der Waals surface area contributed by atoms with Gasteiger partial charge in [-0.25, -0.2) is 0 Å². The van der Waals surface area contributed by atoms with Crippen LogP contribution < -0.4 is 5.32 Å². The van der Waals surface area contributed by atoms with Crippen molar-refractivity contribution in [1.29, 1.82) is 0 Å². The molecule has 0 spiro atoms. The summed E-state index contributed by atoms with van der Waals surface area (Å²) in [4.78, 5) is 38.5. The fourth-order valence-corrected chi connectivity index (χ4v) is 4.39. The van der Waals surface area contributed by atoms with Gasteiger partial charge in [-0.05, 0) is 48.2 Å². The first-order chi connectivity index (χ1) is 17.2. The van der Waals surface area contributed by atoms with E-state index in [4.69, 9.17) is 0 Å². The van der Waals surface area contributed by atoms with E-state index in [1.807, 2.05) is 42.5 Å². The molecule has 184 valence electrons. The first-order valence-electron chi connectivity index (χ1n) is 11.4. The van der Waals surface area contributed by atoms with Crippen molar-refractivity contribution in [1.82, 2.24) is 10.2 Å². The summed E-state index contributed by atoms with van der Waals surface area (Å²) in [5, 5.41) is 24.9. The molecule has 3 aromatic rings. The van der Waals surface area contributed by atoms with E-state index < -0.39 is 22.3 Å². The fourth-order valence-electron chi connectivity index (χ4n) is 4.12. The Morgan fingerprint density at radius 2 is 1.67 bits per heavy atom. The number of halogens is 1. The molecular formula is C27H24BrN3O5. The van der Waals surface area contributed by atoms with Gasteiger partial charge < -0.3 is 15.3 Å². The Morgan fingerprint density at radius 3 is 2.31 bits per heavy atom. The standard InChI is InChI=1S/C27H24BrN3O5/c28-22-11-9-21(10-12-22)27(34)13-15-30(16-14-27)26(33)24(17-19-5-2-1-3-6-19)29-25(32)20-7-4-8-23(18-20)31(35)36/h1-12,17-18,34H,13-16H2,(H,29,32). The maximum Gasteiger partial charge on any atom is 0.270 e. The lowest BCUT2D eigenvalue weighted by Crippen LogP contribution is -2.47. The summed E-state index contributed by atoms with van der Waals surface area (Å²) >= 11 is 3.40. The van der Waals surface area contributed by atoms with E-state index in [1.165, 1.54) is 24.3 Å². The molecular weight excluding hydrogens is 526 g/mol. The minimum absolute atomic E-state index is 0.0480. The van der Waals surface area contributed by atoms with Crippen molar-refractivity contribution in [3.8, 4) is 0 Å². The lowest BCUT2D eigenvalue weighted by atomic mass is 9.84. The monoisotopic (exact) mass is 549 g/mol. The molecule has 1 fully saturated rings. The molecule has 2 N–H and O–H groups in total. The Balaban J connectivity index is 1.54. The van der Waals surface area contributed by atoms with E-state index in [2.05, 4.69) is 21.2 Å². The molecule has 3 aromatic carbocycles. The van der Waals surface area contributed by atoms with E-state index in [1.54, 1.807) is 23.1 Å². The molecule has 1 aliphatic rings. The van der Waals surface area contributed by atoms with Crippen LogP contribution in [-0.4, -0.2) is 39.8 Å². The number of nitrogens with one attached hydrogen (secondary N) is 1. The zero-order valence-electron chi connectivity index (χ0n) is 19.3. The predicted molar refractivity (Wildman–Crippen MR) is 139 cm³/mol. The molecule has 1 aliphatic heterocycles. The minimum Gasteiger partial charge on any atom is -0.385 e. The molecule has 8 nitrogen and oxygen atoms in total. The molecule has 0 aliphatic carbocycles. The number of hydrogen-bond acceptors (Lipinski definition) is 5. The Kier molecular flexibility index (Phi) is 7.61. The van der Waals surface area contributed by atoms with E-state index >= 15 is 0 Å². The Hall–Kier alpha value is -3.82. The van der Waals surface area contributed by atoms with Gasteiger partial charge in [-0.1, -0.05) is 64.5 Å². The maximum atomic E-state index is 13.5. The van der Waals surface area contributed by atoms with Crippen molar-refractivity contribution in [2.45, 2.75) is 18.4 Å². The lowest BCUT2D eigenvalue weighted by Gasteiger charge is -2.38. The van der Waals surface area contributed by atoms with Gasteiger partial charge in [-0.15, -0.1) is 0 Å². The third-order valence-electron chi connectivity index (χ3n) is 6.17. The number of hydrogen-bond donors (Lipinski definition) is 2. The summed E-state index contributed by atoms with van der Waals surface area (Å²) in [6.45, 7) is 0.592. The SMILES string of the molecule is O=C(NC(=Cc1ccccc1)C(=O)N1CCC(O)(c2ccc(Br)cc2)CC1)c1cccc([N+](=O)[O-])c1. The average Bonchev–Trinajstić information content (AvgIpc) is 2.89. The van der Waals surface area contributed by atoms with Gasteiger partial charge in [-0.3, -0.25) is 19.7 Å². The van der Waals surface area contributed by atoms with Gasteiger partial charge in [0.1, 0.15) is 5.70 Å². The number of carbonyl (C=O) groups excluding carboxylic acids is 2. The zero-order chi connectivity index (χ0) is 25.7. The number of benzene rings is 3. The van der Waals surface area contributed by atoms with Gasteiger partial charge in [0.2, 0.25) is 0 Å². The molecule has 0 bridgehead atoms. The van der Waals surface area contributed by atoms with Crippen LogP contribution in [0.25, 0.3) is 6.08 Å². The van der Waals surface area contributed by atoms with E-state index in [-0.39, 0.29) is 16.9 Å². The molecule has 1 saturated heterocycles. The molecule has 4 rings (SSSR count). The van der Waals surface area contributed by atoms with Crippen LogP contribution in [0.4, 0.5) is 5.69 Å².